The Bertz CT molecular complexity index is 406. The number of benzene rings is 1. The molecule has 1 aliphatic rings. The molecule has 1 saturated heterocycles. The Morgan fingerprint density at radius 1 is 1.47 bits per heavy atom. The number of hydrogen-bond donors (Lipinski definition) is 1. The normalized spacial score (nSPS) is 21.9. The molecule has 1 fully saturated rings. The number of carbonyl (C=O) groups is 1. The molecule has 0 saturated carbocycles. The van der Waals surface area contributed by atoms with Crippen LogP contribution in [0.4, 0.5) is 4.39 Å². The van der Waals surface area contributed by atoms with Gasteiger partial charge in [0.2, 0.25) is 5.91 Å². The summed E-state index contributed by atoms with van der Waals surface area (Å²) in [4.78, 5) is 13.7. The van der Waals surface area contributed by atoms with Crippen molar-refractivity contribution in [2.24, 2.45) is 5.92 Å². The fraction of sp³-hybridized carbons (Fsp3) is 0.462. The monoisotopic (exact) mass is 253 g/mol. The fourth-order valence-electron chi connectivity index (χ4n) is 2.23. The van der Waals surface area contributed by atoms with Crippen LogP contribution in [-0.4, -0.2) is 23.1 Å². The molecule has 1 amide bonds. The number of likely N-dealkylation sites (tertiary alicyclic amines) is 1. The molecule has 2 nitrogen and oxygen atoms in total. The molecule has 2 rings (SSSR count). The van der Waals surface area contributed by atoms with E-state index in [0.29, 0.717) is 12.3 Å². The summed E-state index contributed by atoms with van der Waals surface area (Å²) in [5.41, 5.74) is 0.972. The van der Waals surface area contributed by atoms with Crippen molar-refractivity contribution in [2.75, 3.05) is 12.3 Å². The summed E-state index contributed by atoms with van der Waals surface area (Å²) in [5.74, 6) is 0.995. The van der Waals surface area contributed by atoms with Crippen molar-refractivity contribution in [3.05, 3.63) is 35.6 Å². The van der Waals surface area contributed by atoms with Crippen LogP contribution in [0.1, 0.15) is 24.9 Å². The minimum absolute atomic E-state index is 0.00739. The zero-order chi connectivity index (χ0) is 12.4. The lowest BCUT2D eigenvalue weighted by molar-refractivity contribution is -0.129. The van der Waals surface area contributed by atoms with Crippen LogP contribution in [0.2, 0.25) is 0 Å². The summed E-state index contributed by atoms with van der Waals surface area (Å²) in [6.45, 7) is 2.73. The molecule has 92 valence electrons. The number of thiol groups is 1. The van der Waals surface area contributed by atoms with Crippen LogP contribution < -0.4 is 0 Å². The van der Waals surface area contributed by atoms with Gasteiger partial charge in [0.25, 0.3) is 0 Å². The molecule has 0 spiro atoms. The van der Waals surface area contributed by atoms with Gasteiger partial charge < -0.3 is 4.90 Å². The van der Waals surface area contributed by atoms with E-state index in [4.69, 9.17) is 0 Å². The molecule has 1 heterocycles. The molecule has 0 bridgehead atoms. The fourth-order valence-corrected chi connectivity index (χ4v) is 2.47. The number of rotatable bonds is 3. The standard InChI is InChI=1S/C13H16FNOS/c1-9(11-2-4-12(14)5-3-11)15-7-10(8-17)6-13(15)16/h2-5,9-10,17H,6-8H2,1H3. The Labute approximate surface area is 106 Å². The Hall–Kier alpha value is -1.03. The zero-order valence-corrected chi connectivity index (χ0v) is 10.7. The van der Waals surface area contributed by atoms with Crippen LogP contribution in [-0.2, 0) is 4.79 Å². The van der Waals surface area contributed by atoms with Crippen LogP contribution in [0.25, 0.3) is 0 Å². The molecule has 17 heavy (non-hydrogen) atoms. The number of amides is 1. The Kier molecular flexibility index (Phi) is 3.72. The van der Waals surface area contributed by atoms with Gasteiger partial charge in [-0.05, 0) is 36.3 Å². The number of hydrogen-bond acceptors (Lipinski definition) is 2. The van der Waals surface area contributed by atoms with Crippen molar-refractivity contribution in [1.29, 1.82) is 0 Å². The van der Waals surface area contributed by atoms with E-state index in [-0.39, 0.29) is 17.8 Å². The predicted octanol–water partition coefficient (Wildman–Crippen LogP) is 2.67. The van der Waals surface area contributed by atoms with Gasteiger partial charge >= 0.3 is 0 Å². The third kappa shape index (κ3) is 2.63. The second kappa shape index (κ2) is 5.08. The summed E-state index contributed by atoms with van der Waals surface area (Å²) >= 11 is 4.24. The average Bonchev–Trinajstić information content (AvgIpc) is 2.71. The first-order chi connectivity index (χ1) is 8.11. The van der Waals surface area contributed by atoms with E-state index < -0.39 is 0 Å². The summed E-state index contributed by atoms with van der Waals surface area (Å²) in [6.07, 6.45) is 0.578. The maximum atomic E-state index is 12.8. The smallest absolute Gasteiger partial charge is 0.223 e. The van der Waals surface area contributed by atoms with Crippen molar-refractivity contribution < 1.29 is 9.18 Å². The molecule has 1 aliphatic heterocycles. The van der Waals surface area contributed by atoms with Crippen molar-refractivity contribution in [1.82, 2.24) is 4.90 Å². The second-order valence-electron chi connectivity index (χ2n) is 4.53. The van der Waals surface area contributed by atoms with Gasteiger partial charge in [-0.25, -0.2) is 4.39 Å². The topological polar surface area (TPSA) is 20.3 Å². The average molecular weight is 253 g/mol. The highest BCUT2D eigenvalue weighted by Crippen LogP contribution is 2.28. The summed E-state index contributed by atoms with van der Waals surface area (Å²) < 4.78 is 12.8. The summed E-state index contributed by atoms with van der Waals surface area (Å²) in [6, 6.07) is 6.35. The molecule has 2 atom stereocenters. The van der Waals surface area contributed by atoms with E-state index in [9.17, 15) is 9.18 Å². The molecule has 0 aromatic heterocycles. The van der Waals surface area contributed by atoms with Gasteiger partial charge in [0.05, 0.1) is 6.04 Å². The summed E-state index contributed by atoms with van der Waals surface area (Å²) in [7, 11) is 0. The van der Waals surface area contributed by atoms with Crippen LogP contribution in [0.3, 0.4) is 0 Å². The zero-order valence-electron chi connectivity index (χ0n) is 9.77. The van der Waals surface area contributed by atoms with Crippen molar-refractivity contribution in [2.45, 2.75) is 19.4 Å². The lowest BCUT2D eigenvalue weighted by Crippen LogP contribution is -2.28. The lowest BCUT2D eigenvalue weighted by atomic mass is 10.1. The molecule has 0 aliphatic carbocycles. The maximum absolute atomic E-state index is 12.8. The van der Waals surface area contributed by atoms with E-state index >= 15 is 0 Å². The van der Waals surface area contributed by atoms with Gasteiger partial charge in [-0.2, -0.15) is 12.6 Å². The quantitative estimate of drug-likeness (QED) is 0.821. The lowest BCUT2D eigenvalue weighted by Gasteiger charge is -2.25. The molecule has 1 aromatic carbocycles. The van der Waals surface area contributed by atoms with Crippen molar-refractivity contribution in [3.8, 4) is 0 Å². The first-order valence-electron chi connectivity index (χ1n) is 5.77. The predicted molar refractivity (Wildman–Crippen MR) is 68.5 cm³/mol. The van der Waals surface area contributed by atoms with Crippen LogP contribution in [0, 0.1) is 11.7 Å². The van der Waals surface area contributed by atoms with Crippen molar-refractivity contribution in [3.63, 3.8) is 0 Å². The molecule has 1 aromatic rings. The van der Waals surface area contributed by atoms with E-state index in [1.165, 1.54) is 12.1 Å². The van der Waals surface area contributed by atoms with Crippen molar-refractivity contribution >= 4 is 18.5 Å². The highest BCUT2D eigenvalue weighted by Gasteiger charge is 2.32. The van der Waals surface area contributed by atoms with Crippen LogP contribution >= 0.6 is 12.6 Å². The van der Waals surface area contributed by atoms with E-state index in [1.807, 2.05) is 11.8 Å². The first kappa shape index (κ1) is 12.4. The van der Waals surface area contributed by atoms with Gasteiger partial charge in [-0.1, -0.05) is 12.1 Å². The maximum Gasteiger partial charge on any atom is 0.223 e. The Morgan fingerprint density at radius 2 is 2.12 bits per heavy atom. The summed E-state index contributed by atoms with van der Waals surface area (Å²) in [5, 5.41) is 0. The first-order valence-corrected chi connectivity index (χ1v) is 6.41. The van der Waals surface area contributed by atoms with Gasteiger partial charge in [0.1, 0.15) is 5.82 Å². The van der Waals surface area contributed by atoms with Crippen LogP contribution in [0.5, 0.6) is 0 Å². The van der Waals surface area contributed by atoms with Crippen LogP contribution in [0.15, 0.2) is 24.3 Å². The molecule has 2 unspecified atom stereocenters. The molecular weight excluding hydrogens is 237 g/mol. The van der Waals surface area contributed by atoms with Gasteiger partial charge in [0, 0.05) is 13.0 Å². The number of carbonyl (C=O) groups excluding carboxylic acids is 1. The number of nitrogens with zero attached hydrogens (tertiary/aromatic N) is 1. The van der Waals surface area contributed by atoms with E-state index in [1.54, 1.807) is 12.1 Å². The molecule has 4 heteroatoms. The van der Waals surface area contributed by atoms with E-state index in [0.717, 1.165) is 17.9 Å². The highest BCUT2D eigenvalue weighted by atomic mass is 32.1. The van der Waals surface area contributed by atoms with Gasteiger partial charge in [-0.15, -0.1) is 0 Å². The molecule has 0 N–H and O–H groups in total. The Balaban J connectivity index is 2.12. The van der Waals surface area contributed by atoms with Gasteiger partial charge in [-0.3, -0.25) is 4.79 Å². The molecular formula is C13H16FNOS. The minimum Gasteiger partial charge on any atom is -0.336 e. The SMILES string of the molecule is CC(c1ccc(F)cc1)N1CC(CS)CC1=O. The van der Waals surface area contributed by atoms with E-state index in [2.05, 4.69) is 12.6 Å². The minimum atomic E-state index is -0.248. The third-order valence-electron chi connectivity index (χ3n) is 3.32. The number of halogens is 1. The highest BCUT2D eigenvalue weighted by molar-refractivity contribution is 7.80. The molecule has 0 radical (unpaired) electrons. The Morgan fingerprint density at radius 3 is 2.65 bits per heavy atom. The van der Waals surface area contributed by atoms with Gasteiger partial charge in [0.15, 0.2) is 0 Å². The third-order valence-corrected chi connectivity index (χ3v) is 3.83. The second-order valence-corrected chi connectivity index (χ2v) is 4.89. The largest absolute Gasteiger partial charge is 0.336 e.